The van der Waals surface area contributed by atoms with Crippen molar-refractivity contribution in [1.29, 1.82) is 0 Å². The highest BCUT2D eigenvalue weighted by atomic mass is 16.7. The van der Waals surface area contributed by atoms with Gasteiger partial charge in [-0.05, 0) is 59.4 Å². The SMILES string of the molecule is CC[C@]1(c2cc3c(cc2C)OCO3)C(=O)N(C(c2ccccc2)c2ccccc2)c2ccccc21. The van der Waals surface area contributed by atoms with Crippen LogP contribution in [0.3, 0.4) is 0 Å². The standard InChI is InChI=1S/C31H27NO3/c1-3-31(25-19-28-27(18-21(25)2)34-20-35-28)24-16-10-11-17-26(24)32(30(31)33)29(22-12-6-4-7-13-22)23-14-8-5-9-15-23/h4-19,29H,3,20H2,1-2H3/t31-/m0/s1. The molecule has 0 aromatic heterocycles. The zero-order chi connectivity index (χ0) is 24.0. The Labute approximate surface area is 205 Å². The van der Waals surface area contributed by atoms with Gasteiger partial charge in [0, 0.05) is 5.69 Å². The third kappa shape index (κ3) is 3.17. The number of ether oxygens (including phenoxy) is 2. The number of fused-ring (bicyclic) bond motifs is 2. The van der Waals surface area contributed by atoms with Crippen LogP contribution in [0.4, 0.5) is 5.69 Å². The predicted molar refractivity (Wildman–Crippen MR) is 137 cm³/mol. The van der Waals surface area contributed by atoms with E-state index in [9.17, 15) is 4.79 Å². The van der Waals surface area contributed by atoms with Gasteiger partial charge in [0.25, 0.3) is 0 Å². The van der Waals surface area contributed by atoms with Gasteiger partial charge >= 0.3 is 0 Å². The van der Waals surface area contributed by atoms with Crippen LogP contribution in [0.2, 0.25) is 0 Å². The molecule has 4 aromatic carbocycles. The number of carbonyl (C=O) groups is 1. The van der Waals surface area contributed by atoms with Crippen LogP contribution < -0.4 is 14.4 Å². The van der Waals surface area contributed by atoms with E-state index in [0.29, 0.717) is 12.2 Å². The van der Waals surface area contributed by atoms with E-state index in [0.717, 1.165) is 39.3 Å². The summed E-state index contributed by atoms with van der Waals surface area (Å²) in [6.07, 6.45) is 0.635. The summed E-state index contributed by atoms with van der Waals surface area (Å²) in [7, 11) is 0. The lowest BCUT2D eigenvalue weighted by molar-refractivity contribution is -0.122. The molecule has 0 bridgehead atoms. The third-order valence-electron chi connectivity index (χ3n) is 7.41. The van der Waals surface area contributed by atoms with Crippen molar-refractivity contribution in [2.75, 3.05) is 11.7 Å². The maximum Gasteiger partial charge on any atom is 0.243 e. The third-order valence-corrected chi connectivity index (χ3v) is 7.41. The van der Waals surface area contributed by atoms with E-state index in [4.69, 9.17) is 9.47 Å². The molecular weight excluding hydrogens is 434 g/mol. The summed E-state index contributed by atoms with van der Waals surface area (Å²) in [6, 6.07) is 32.6. The van der Waals surface area contributed by atoms with Crippen LogP contribution in [0.15, 0.2) is 97.1 Å². The van der Waals surface area contributed by atoms with Crippen molar-refractivity contribution in [3.63, 3.8) is 0 Å². The van der Waals surface area contributed by atoms with Crippen molar-refractivity contribution in [3.05, 3.63) is 125 Å². The van der Waals surface area contributed by atoms with Crippen molar-refractivity contribution in [1.82, 2.24) is 0 Å². The van der Waals surface area contributed by atoms with E-state index in [1.54, 1.807) is 0 Å². The molecule has 0 radical (unpaired) electrons. The second kappa shape index (κ2) is 8.31. The predicted octanol–water partition coefficient (Wildman–Crippen LogP) is 6.56. The molecule has 0 saturated carbocycles. The van der Waals surface area contributed by atoms with Gasteiger partial charge in [-0.15, -0.1) is 0 Å². The van der Waals surface area contributed by atoms with Gasteiger partial charge in [-0.1, -0.05) is 85.8 Å². The number of hydrogen-bond donors (Lipinski definition) is 0. The van der Waals surface area contributed by atoms with Gasteiger partial charge in [0.15, 0.2) is 11.5 Å². The molecule has 174 valence electrons. The average molecular weight is 462 g/mol. The minimum absolute atomic E-state index is 0.0841. The monoisotopic (exact) mass is 461 g/mol. The minimum Gasteiger partial charge on any atom is -0.454 e. The highest BCUT2D eigenvalue weighted by Gasteiger charge is 2.53. The Morgan fingerprint density at radius 1 is 0.800 bits per heavy atom. The number of anilines is 1. The van der Waals surface area contributed by atoms with Crippen LogP contribution in [0.5, 0.6) is 11.5 Å². The molecule has 0 spiro atoms. The van der Waals surface area contributed by atoms with Crippen LogP contribution in [0.25, 0.3) is 0 Å². The molecule has 0 unspecified atom stereocenters. The van der Waals surface area contributed by atoms with Crippen LogP contribution in [0, 0.1) is 6.92 Å². The summed E-state index contributed by atoms with van der Waals surface area (Å²) < 4.78 is 11.3. The molecule has 0 fully saturated rings. The van der Waals surface area contributed by atoms with Crippen molar-refractivity contribution >= 4 is 11.6 Å². The maximum atomic E-state index is 14.8. The number of amides is 1. The lowest BCUT2D eigenvalue weighted by Gasteiger charge is -2.33. The molecule has 1 amide bonds. The molecule has 2 heterocycles. The highest BCUT2D eigenvalue weighted by Crippen LogP contribution is 2.54. The smallest absolute Gasteiger partial charge is 0.243 e. The molecule has 0 aliphatic carbocycles. The second-order valence-corrected chi connectivity index (χ2v) is 9.20. The summed E-state index contributed by atoms with van der Waals surface area (Å²) in [6.45, 7) is 4.36. The van der Waals surface area contributed by atoms with Crippen LogP contribution in [0.1, 0.15) is 47.2 Å². The van der Waals surface area contributed by atoms with Crippen LogP contribution >= 0.6 is 0 Å². The molecular formula is C31H27NO3. The van der Waals surface area contributed by atoms with E-state index in [1.165, 1.54) is 0 Å². The van der Waals surface area contributed by atoms with Gasteiger partial charge in [0.1, 0.15) is 5.41 Å². The molecule has 2 aliphatic rings. The van der Waals surface area contributed by atoms with E-state index < -0.39 is 5.41 Å². The summed E-state index contributed by atoms with van der Waals surface area (Å²) >= 11 is 0. The Morgan fingerprint density at radius 3 is 2.00 bits per heavy atom. The fraction of sp³-hybridized carbons (Fsp3) is 0.194. The van der Waals surface area contributed by atoms with Gasteiger partial charge in [0.2, 0.25) is 12.7 Å². The summed E-state index contributed by atoms with van der Waals surface area (Å²) in [5, 5.41) is 0. The van der Waals surface area contributed by atoms with Gasteiger partial charge in [-0.25, -0.2) is 0 Å². The van der Waals surface area contributed by atoms with Gasteiger partial charge in [-0.2, -0.15) is 0 Å². The lowest BCUT2D eigenvalue weighted by Crippen LogP contribution is -2.43. The Hall–Kier alpha value is -4.05. The Morgan fingerprint density at radius 2 is 1.37 bits per heavy atom. The Kier molecular flexibility index (Phi) is 5.10. The normalized spacial score (nSPS) is 18.3. The van der Waals surface area contributed by atoms with Gasteiger partial charge < -0.3 is 9.47 Å². The number of rotatable bonds is 5. The zero-order valence-electron chi connectivity index (χ0n) is 19.9. The number of hydrogen-bond acceptors (Lipinski definition) is 3. The van der Waals surface area contributed by atoms with Crippen molar-refractivity contribution in [2.45, 2.75) is 31.7 Å². The molecule has 4 nitrogen and oxygen atoms in total. The first-order chi connectivity index (χ1) is 17.1. The highest BCUT2D eigenvalue weighted by molar-refractivity contribution is 6.11. The number of aryl methyl sites for hydroxylation is 1. The number of nitrogens with zero attached hydrogens (tertiary/aromatic N) is 1. The fourth-order valence-corrected chi connectivity index (χ4v) is 5.79. The topological polar surface area (TPSA) is 38.8 Å². The van der Waals surface area contributed by atoms with Crippen molar-refractivity contribution < 1.29 is 14.3 Å². The Bertz CT molecular complexity index is 1360. The molecule has 0 N–H and O–H groups in total. The number of para-hydroxylation sites is 1. The van der Waals surface area contributed by atoms with Gasteiger partial charge in [0.05, 0.1) is 6.04 Å². The molecule has 2 aliphatic heterocycles. The first-order valence-corrected chi connectivity index (χ1v) is 12.1. The van der Waals surface area contributed by atoms with E-state index >= 15 is 0 Å². The number of benzene rings is 4. The van der Waals surface area contributed by atoms with Crippen molar-refractivity contribution in [3.8, 4) is 11.5 Å². The first kappa shape index (κ1) is 21.5. The average Bonchev–Trinajstić information content (AvgIpc) is 3.45. The molecule has 1 atom stereocenters. The van der Waals surface area contributed by atoms with Crippen molar-refractivity contribution in [2.24, 2.45) is 0 Å². The van der Waals surface area contributed by atoms with E-state index in [1.807, 2.05) is 65.6 Å². The maximum absolute atomic E-state index is 14.8. The molecule has 0 saturated heterocycles. The van der Waals surface area contributed by atoms with E-state index in [2.05, 4.69) is 50.2 Å². The summed E-state index contributed by atoms with van der Waals surface area (Å²) in [5.41, 5.74) is 5.33. The Balaban J connectivity index is 1.60. The summed E-state index contributed by atoms with van der Waals surface area (Å²) in [5.74, 6) is 1.52. The molecule has 6 rings (SSSR count). The van der Waals surface area contributed by atoms with Gasteiger partial charge in [-0.3, -0.25) is 9.69 Å². The molecule has 4 aromatic rings. The zero-order valence-corrected chi connectivity index (χ0v) is 19.9. The fourth-order valence-electron chi connectivity index (χ4n) is 5.79. The quantitative estimate of drug-likeness (QED) is 0.338. The molecule has 4 heteroatoms. The molecule has 35 heavy (non-hydrogen) atoms. The second-order valence-electron chi connectivity index (χ2n) is 9.20. The van der Waals surface area contributed by atoms with Crippen LogP contribution in [-0.2, 0) is 10.2 Å². The first-order valence-electron chi connectivity index (χ1n) is 12.1. The largest absolute Gasteiger partial charge is 0.454 e. The summed E-state index contributed by atoms with van der Waals surface area (Å²) in [4.78, 5) is 16.8. The van der Waals surface area contributed by atoms with E-state index in [-0.39, 0.29) is 18.7 Å². The lowest BCUT2D eigenvalue weighted by atomic mass is 9.71. The van der Waals surface area contributed by atoms with Crippen LogP contribution in [-0.4, -0.2) is 12.7 Å². The minimum atomic E-state index is -0.816. The number of carbonyl (C=O) groups excluding carboxylic acids is 1.